The number of carbonyl (C=O) groups excluding carboxylic acids is 1. The fourth-order valence-electron chi connectivity index (χ4n) is 1.07. The van der Waals surface area contributed by atoms with Crippen LogP contribution in [0.25, 0.3) is 0 Å². The fourth-order valence-corrected chi connectivity index (χ4v) is 1.58. The summed E-state index contributed by atoms with van der Waals surface area (Å²) in [4.78, 5) is 15.1. The normalized spacial score (nSPS) is 13.2. The van der Waals surface area contributed by atoms with Crippen molar-refractivity contribution in [2.24, 2.45) is 0 Å². The molecule has 0 aromatic carbocycles. The van der Waals surface area contributed by atoms with Crippen molar-refractivity contribution in [2.75, 3.05) is 0 Å². The summed E-state index contributed by atoms with van der Waals surface area (Å²) in [5, 5.41) is 0. The third kappa shape index (κ3) is 3.81. The maximum atomic E-state index is 11.2. The molecule has 0 aliphatic carbocycles. The van der Waals surface area contributed by atoms with Gasteiger partial charge in [-0.2, -0.15) is 0 Å². The SMILES string of the molecule is CCC(=O)OC(c1cccnc1)C(Cl)(Cl)Cl. The number of hydrogen-bond donors (Lipinski definition) is 0. The number of nitrogens with zero attached hydrogens (tertiary/aromatic N) is 1. The van der Waals surface area contributed by atoms with Crippen LogP contribution in [-0.2, 0) is 9.53 Å². The zero-order valence-corrected chi connectivity index (χ0v) is 10.8. The van der Waals surface area contributed by atoms with Gasteiger partial charge in [0.05, 0.1) is 0 Å². The van der Waals surface area contributed by atoms with E-state index < -0.39 is 15.9 Å². The van der Waals surface area contributed by atoms with Crippen LogP contribution in [0.5, 0.6) is 0 Å². The van der Waals surface area contributed by atoms with E-state index in [9.17, 15) is 4.79 Å². The third-order valence-electron chi connectivity index (χ3n) is 1.82. The summed E-state index contributed by atoms with van der Waals surface area (Å²) in [5.41, 5.74) is 0.546. The van der Waals surface area contributed by atoms with Crippen LogP contribution >= 0.6 is 34.8 Å². The molecule has 1 aromatic heterocycles. The number of carbonyl (C=O) groups is 1. The number of halogens is 3. The van der Waals surface area contributed by atoms with Gasteiger partial charge >= 0.3 is 5.97 Å². The first-order valence-electron chi connectivity index (χ1n) is 4.61. The van der Waals surface area contributed by atoms with E-state index in [0.29, 0.717) is 5.56 Å². The van der Waals surface area contributed by atoms with Crippen molar-refractivity contribution in [3.63, 3.8) is 0 Å². The molecule has 0 N–H and O–H groups in total. The number of rotatable bonds is 3. The molecule has 0 radical (unpaired) electrons. The van der Waals surface area contributed by atoms with Gasteiger partial charge in [-0.1, -0.05) is 47.8 Å². The number of ether oxygens (including phenoxy) is 1. The van der Waals surface area contributed by atoms with Crippen LogP contribution in [0, 0.1) is 0 Å². The molecule has 3 nitrogen and oxygen atoms in total. The van der Waals surface area contributed by atoms with E-state index in [1.54, 1.807) is 25.3 Å². The highest BCUT2D eigenvalue weighted by Crippen LogP contribution is 2.42. The van der Waals surface area contributed by atoms with Crippen LogP contribution < -0.4 is 0 Å². The van der Waals surface area contributed by atoms with Crippen molar-refractivity contribution >= 4 is 40.8 Å². The van der Waals surface area contributed by atoms with Gasteiger partial charge in [0.25, 0.3) is 0 Å². The van der Waals surface area contributed by atoms with E-state index in [1.807, 2.05) is 0 Å². The smallest absolute Gasteiger partial charge is 0.306 e. The van der Waals surface area contributed by atoms with Gasteiger partial charge in [0.1, 0.15) is 0 Å². The summed E-state index contributed by atoms with van der Waals surface area (Å²) >= 11 is 17.3. The summed E-state index contributed by atoms with van der Waals surface area (Å²) < 4.78 is 3.36. The molecule has 0 fully saturated rings. The molecular weight excluding hydrogens is 272 g/mol. The first-order valence-corrected chi connectivity index (χ1v) is 5.74. The van der Waals surface area contributed by atoms with Crippen molar-refractivity contribution in [3.8, 4) is 0 Å². The first kappa shape index (κ1) is 13.6. The Morgan fingerprint density at radius 3 is 2.69 bits per heavy atom. The van der Waals surface area contributed by atoms with Crippen LogP contribution in [0.15, 0.2) is 24.5 Å². The molecule has 16 heavy (non-hydrogen) atoms. The molecule has 6 heteroatoms. The number of esters is 1. The number of hydrogen-bond acceptors (Lipinski definition) is 3. The van der Waals surface area contributed by atoms with Gasteiger partial charge < -0.3 is 4.74 Å². The van der Waals surface area contributed by atoms with Gasteiger partial charge in [-0.05, 0) is 6.07 Å². The minimum absolute atomic E-state index is 0.220. The second-order valence-corrected chi connectivity index (χ2v) is 5.42. The van der Waals surface area contributed by atoms with Gasteiger partial charge in [-0.15, -0.1) is 0 Å². The largest absolute Gasteiger partial charge is 0.453 e. The fraction of sp³-hybridized carbons (Fsp3) is 0.400. The molecule has 0 spiro atoms. The van der Waals surface area contributed by atoms with Crippen molar-refractivity contribution < 1.29 is 9.53 Å². The van der Waals surface area contributed by atoms with Crippen LogP contribution in [0.1, 0.15) is 25.0 Å². The van der Waals surface area contributed by atoms with Gasteiger partial charge in [-0.3, -0.25) is 9.78 Å². The molecule has 0 aliphatic rings. The monoisotopic (exact) mass is 281 g/mol. The van der Waals surface area contributed by atoms with Gasteiger partial charge in [0.2, 0.25) is 3.79 Å². The Bertz CT molecular complexity index is 351. The maximum Gasteiger partial charge on any atom is 0.306 e. The quantitative estimate of drug-likeness (QED) is 0.630. The Hall–Kier alpha value is -0.510. The third-order valence-corrected chi connectivity index (χ3v) is 2.42. The highest BCUT2D eigenvalue weighted by atomic mass is 35.6. The van der Waals surface area contributed by atoms with E-state index in [2.05, 4.69) is 4.98 Å². The standard InChI is InChI=1S/C10H10Cl3NO2/c1-2-8(15)16-9(10(11,12)13)7-4-3-5-14-6-7/h3-6,9H,2H2,1H3. The Kier molecular flexibility index (Phi) is 4.84. The molecule has 0 saturated carbocycles. The van der Waals surface area contributed by atoms with Gasteiger partial charge in [-0.25, -0.2) is 0 Å². The second kappa shape index (κ2) is 5.71. The molecule has 1 aromatic rings. The summed E-state index contributed by atoms with van der Waals surface area (Å²) in [6.07, 6.45) is 2.35. The average molecular weight is 283 g/mol. The molecule has 0 amide bonds. The number of pyridine rings is 1. The molecule has 1 atom stereocenters. The summed E-state index contributed by atoms with van der Waals surface area (Å²) in [5.74, 6) is -0.430. The lowest BCUT2D eigenvalue weighted by Gasteiger charge is -2.24. The summed E-state index contributed by atoms with van der Waals surface area (Å²) in [6.45, 7) is 1.67. The second-order valence-electron chi connectivity index (χ2n) is 3.05. The highest BCUT2D eigenvalue weighted by molar-refractivity contribution is 6.68. The van der Waals surface area contributed by atoms with E-state index in [4.69, 9.17) is 39.5 Å². The van der Waals surface area contributed by atoms with Gasteiger partial charge in [0, 0.05) is 24.4 Å². The van der Waals surface area contributed by atoms with E-state index in [-0.39, 0.29) is 6.42 Å². The van der Waals surface area contributed by atoms with Crippen molar-refractivity contribution in [3.05, 3.63) is 30.1 Å². The average Bonchev–Trinajstić information content (AvgIpc) is 2.25. The van der Waals surface area contributed by atoms with Crippen molar-refractivity contribution in [1.29, 1.82) is 0 Å². The Labute approximate surface area is 109 Å². The highest BCUT2D eigenvalue weighted by Gasteiger charge is 2.37. The van der Waals surface area contributed by atoms with Gasteiger partial charge in [0.15, 0.2) is 6.10 Å². The molecule has 1 unspecified atom stereocenters. The predicted molar refractivity (Wildman–Crippen MR) is 63.7 cm³/mol. The van der Waals surface area contributed by atoms with Crippen LogP contribution in [0.3, 0.4) is 0 Å². The van der Waals surface area contributed by atoms with E-state index >= 15 is 0 Å². The molecule has 0 saturated heterocycles. The Morgan fingerprint density at radius 2 is 2.25 bits per heavy atom. The molecule has 1 heterocycles. The van der Waals surface area contributed by atoms with E-state index in [1.165, 1.54) is 6.20 Å². The lowest BCUT2D eigenvalue weighted by Crippen LogP contribution is -2.23. The predicted octanol–water partition coefficient (Wildman–Crippen LogP) is 3.45. The van der Waals surface area contributed by atoms with E-state index in [0.717, 1.165) is 0 Å². The minimum atomic E-state index is -1.71. The summed E-state index contributed by atoms with van der Waals surface area (Å²) in [7, 11) is 0. The number of aromatic nitrogens is 1. The molecule has 0 bridgehead atoms. The lowest BCUT2D eigenvalue weighted by atomic mass is 10.2. The summed E-state index contributed by atoms with van der Waals surface area (Å²) in [6, 6.07) is 3.36. The zero-order valence-electron chi connectivity index (χ0n) is 8.49. The van der Waals surface area contributed by atoms with Crippen LogP contribution in [0.2, 0.25) is 0 Å². The lowest BCUT2D eigenvalue weighted by molar-refractivity contribution is -0.148. The van der Waals surface area contributed by atoms with Crippen LogP contribution in [-0.4, -0.2) is 14.7 Å². The first-order chi connectivity index (χ1) is 7.45. The molecule has 1 rings (SSSR count). The number of alkyl halides is 3. The zero-order chi connectivity index (χ0) is 12.2. The van der Waals surface area contributed by atoms with Crippen molar-refractivity contribution in [1.82, 2.24) is 4.98 Å². The molecule has 0 aliphatic heterocycles. The molecular formula is C10H10Cl3NO2. The maximum absolute atomic E-state index is 11.2. The molecule has 88 valence electrons. The Morgan fingerprint density at radius 1 is 1.56 bits per heavy atom. The topological polar surface area (TPSA) is 39.2 Å². The Balaban J connectivity index is 2.93. The van der Waals surface area contributed by atoms with Crippen molar-refractivity contribution in [2.45, 2.75) is 23.2 Å². The van der Waals surface area contributed by atoms with Crippen LogP contribution in [0.4, 0.5) is 0 Å². The minimum Gasteiger partial charge on any atom is -0.453 e.